The van der Waals surface area contributed by atoms with Gasteiger partial charge in [-0.2, -0.15) is 0 Å². The molecule has 2 rings (SSSR count). The molecular formula is C16H26N2O4S. The molecule has 0 fully saturated rings. The maximum absolute atomic E-state index is 11.8. The highest BCUT2D eigenvalue weighted by Gasteiger charge is 2.18. The smallest absolute Gasteiger partial charge is 0.213 e. The molecule has 1 aliphatic heterocycles. The first-order valence-electron chi connectivity index (χ1n) is 7.81. The number of hydrogen-bond donors (Lipinski definition) is 0. The van der Waals surface area contributed by atoms with Crippen molar-refractivity contribution in [1.29, 1.82) is 0 Å². The van der Waals surface area contributed by atoms with Crippen molar-refractivity contribution in [3.8, 4) is 11.5 Å². The van der Waals surface area contributed by atoms with Crippen LogP contribution in [0.3, 0.4) is 0 Å². The quantitative estimate of drug-likeness (QED) is 0.755. The molecule has 1 aliphatic rings. The standard InChI is InChI=1S/C16H26N2O4S/c1-13(18(4)8-5-11-23(19,20)17(2)3)14-6-7-15-16(12-14)22-10-9-21-15/h6-7,12-13H,5,8-11H2,1-4H3/t13-/m0/s1. The predicted octanol–water partition coefficient (Wildman–Crippen LogP) is 1.73. The van der Waals surface area contributed by atoms with E-state index in [4.69, 9.17) is 9.47 Å². The van der Waals surface area contributed by atoms with Gasteiger partial charge in [0.25, 0.3) is 0 Å². The monoisotopic (exact) mass is 342 g/mol. The number of sulfonamides is 1. The summed E-state index contributed by atoms with van der Waals surface area (Å²) in [5.41, 5.74) is 1.13. The number of ether oxygens (including phenoxy) is 2. The van der Waals surface area contributed by atoms with E-state index in [9.17, 15) is 8.42 Å². The van der Waals surface area contributed by atoms with Gasteiger partial charge >= 0.3 is 0 Å². The molecule has 0 unspecified atom stereocenters. The molecule has 1 aromatic carbocycles. The van der Waals surface area contributed by atoms with Crippen molar-refractivity contribution in [3.63, 3.8) is 0 Å². The molecule has 0 saturated heterocycles. The topological polar surface area (TPSA) is 59.1 Å². The molecule has 0 bridgehead atoms. The van der Waals surface area contributed by atoms with Gasteiger partial charge in [-0.05, 0) is 44.6 Å². The van der Waals surface area contributed by atoms with E-state index in [1.54, 1.807) is 14.1 Å². The van der Waals surface area contributed by atoms with Gasteiger partial charge in [-0.15, -0.1) is 0 Å². The molecule has 0 spiro atoms. The second-order valence-electron chi connectivity index (χ2n) is 6.01. The number of hydrogen-bond acceptors (Lipinski definition) is 5. The first kappa shape index (κ1) is 18.0. The largest absolute Gasteiger partial charge is 0.486 e. The van der Waals surface area contributed by atoms with Gasteiger partial charge in [-0.25, -0.2) is 12.7 Å². The third-order valence-corrected chi connectivity index (χ3v) is 6.10. The summed E-state index contributed by atoms with van der Waals surface area (Å²) in [6.45, 7) is 3.97. The summed E-state index contributed by atoms with van der Waals surface area (Å²) < 4.78 is 36.0. The Balaban J connectivity index is 1.93. The minimum Gasteiger partial charge on any atom is -0.486 e. The summed E-state index contributed by atoms with van der Waals surface area (Å²) in [6.07, 6.45) is 0.603. The summed E-state index contributed by atoms with van der Waals surface area (Å²) >= 11 is 0. The van der Waals surface area contributed by atoms with Crippen molar-refractivity contribution >= 4 is 10.0 Å². The third kappa shape index (κ3) is 4.59. The SMILES string of the molecule is C[C@@H](c1ccc2c(c1)OCCO2)N(C)CCCS(=O)(=O)N(C)C. The van der Waals surface area contributed by atoms with Crippen LogP contribution in [0.2, 0.25) is 0 Å². The molecule has 130 valence electrons. The van der Waals surface area contributed by atoms with E-state index in [0.717, 1.165) is 17.1 Å². The molecule has 0 saturated carbocycles. The van der Waals surface area contributed by atoms with Crippen LogP contribution in [0.5, 0.6) is 11.5 Å². The molecule has 0 aliphatic carbocycles. The third-order valence-electron chi connectivity index (χ3n) is 4.18. The molecule has 1 heterocycles. The van der Waals surface area contributed by atoms with Crippen molar-refractivity contribution in [2.45, 2.75) is 19.4 Å². The lowest BCUT2D eigenvalue weighted by atomic mass is 10.1. The normalized spacial score (nSPS) is 15.9. The minimum atomic E-state index is -3.13. The number of rotatable bonds is 7. The van der Waals surface area contributed by atoms with Gasteiger partial charge in [-0.3, -0.25) is 4.90 Å². The molecule has 0 aromatic heterocycles. The van der Waals surface area contributed by atoms with Crippen LogP contribution in [0, 0.1) is 0 Å². The van der Waals surface area contributed by atoms with E-state index < -0.39 is 10.0 Å². The summed E-state index contributed by atoms with van der Waals surface area (Å²) in [5.74, 6) is 1.73. The van der Waals surface area contributed by atoms with Crippen LogP contribution in [0.15, 0.2) is 18.2 Å². The van der Waals surface area contributed by atoms with E-state index in [2.05, 4.69) is 11.8 Å². The van der Waals surface area contributed by atoms with Crippen LogP contribution in [0.4, 0.5) is 0 Å². The van der Waals surface area contributed by atoms with Crippen molar-refractivity contribution in [2.75, 3.05) is 46.7 Å². The molecular weight excluding hydrogens is 316 g/mol. The minimum absolute atomic E-state index is 0.165. The van der Waals surface area contributed by atoms with Crippen LogP contribution in [0.1, 0.15) is 24.9 Å². The molecule has 1 atom stereocenters. The van der Waals surface area contributed by atoms with Gasteiger partial charge in [0.1, 0.15) is 13.2 Å². The van der Waals surface area contributed by atoms with Crippen molar-refractivity contribution in [2.24, 2.45) is 0 Å². The first-order chi connectivity index (χ1) is 10.8. The van der Waals surface area contributed by atoms with Crippen molar-refractivity contribution < 1.29 is 17.9 Å². The lowest BCUT2D eigenvalue weighted by Gasteiger charge is -2.27. The maximum Gasteiger partial charge on any atom is 0.213 e. The van der Waals surface area contributed by atoms with Gasteiger partial charge in [-0.1, -0.05) is 6.07 Å². The van der Waals surface area contributed by atoms with Gasteiger partial charge in [0.15, 0.2) is 11.5 Å². The Morgan fingerprint density at radius 3 is 2.43 bits per heavy atom. The zero-order chi connectivity index (χ0) is 17.0. The summed E-state index contributed by atoms with van der Waals surface area (Å²) in [7, 11) is 2.01. The molecule has 23 heavy (non-hydrogen) atoms. The summed E-state index contributed by atoms with van der Waals surface area (Å²) in [4.78, 5) is 2.15. The highest BCUT2D eigenvalue weighted by molar-refractivity contribution is 7.89. The lowest BCUT2D eigenvalue weighted by molar-refractivity contribution is 0.170. The van der Waals surface area contributed by atoms with E-state index in [1.165, 1.54) is 4.31 Å². The molecule has 0 N–H and O–H groups in total. The van der Waals surface area contributed by atoms with Gasteiger partial charge in [0.05, 0.1) is 5.75 Å². The van der Waals surface area contributed by atoms with Crippen LogP contribution >= 0.6 is 0 Å². The maximum atomic E-state index is 11.8. The number of nitrogens with zero attached hydrogens (tertiary/aromatic N) is 2. The number of benzene rings is 1. The van der Waals surface area contributed by atoms with Crippen LogP contribution < -0.4 is 9.47 Å². The van der Waals surface area contributed by atoms with Crippen LogP contribution in [-0.4, -0.2) is 64.3 Å². The molecule has 7 heteroatoms. The Hall–Kier alpha value is -1.31. The van der Waals surface area contributed by atoms with E-state index in [0.29, 0.717) is 26.2 Å². The zero-order valence-corrected chi connectivity index (χ0v) is 15.1. The van der Waals surface area contributed by atoms with E-state index >= 15 is 0 Å². The Kier molecular flexibility index (Phi) is 5.89. The fourth-order valence-electron chi connectivity index (χ4n) is 2.45. The van der Waals surface area contributed by atoms with Gasteiger partial charge in [0.2, 0.25) is 10.0 Å². The summed E-state index contributed by atoms with van der Waals surface area (Å²) in [6, 6.07) is 6.15. The van der Waals surface area contributed by atoms with E-state index in [1.807, 2.05) is 25.2 Å². The van der Waals surface area contributed by atoms with Gasteiger partial charge in [0, 0.05) is 20.1 Å². The second-order valence-corrected chi connectivity index (χ2v) is 8.31. The Morgan fingerprint density at radius 2 is 1.78 bits per heavy atom. The summed E-state index contributed by atoms with van der Waals surface area (Å²) in [5, 5.41) is 0. The average molecular weight is 342 g/mol. The van der Waals surface area contributed by atoms with Crippen molar-refractivity contribution in [3.05, 3.63) is 23.8 Å². The molecule has 0 amide bonds. The fourth-order valence-corrected chi connectivity index (χ4v) is 3.31. The highest BCUT2D eigenvalue weighted by Crippen LogP contribution is 2.33. The molecule has 6 nitrogen and oxygen atoms in total. The Bertz CT molecular complexity index is 631. The predicted molar refractivity (Wildman–Crippen MR) is 90.6 cm³/mol. The van der Waals surface area contributed by atoms with Crippen molar-refractivity contribution in [1.82, 2.24) is 9.21 Å². The van der Waals surface area contributed by atoms with E-state index in [-0.39, 0.29) is 11.8 Å². The average Bonchev–Trinajstić information content (AvgIpc) is 2.53. The Labute approximate surface area is 139 Å². The molecule has 1 aromatic rings. The Morgan fingerprint density at radius 1 is 1.13 bits per heavy atom. The second kappa shape index (κ2) is 7.51. The number of fused-ring (bicyclic) bond motifs is 1. The zero-order valence-electron chi connectivity index (χ0n) is 14.3. The fraction of sp³-hybridized carbons (Fsp3) is 0.625. The molecule has 0 radical (unpaired) electrons. The lowest BCUT2D eigenvalue weighted by Crippen LogP contribution is -2.29. The van der Waals surface area contributed by atoms with Gasteiger partial charge < -0.3 is 9.47 Å². The highest BCUT2D eigenvalue weighted by atomic mass is 32.2. The first-order valence-corrected chi connectivity index (χ1v) is 9.42. The van der Waals surface area contributed by atoms with Crippen LogP contribution in [0.25, 0.3) is 0 Å². The van der Waals surface area contributed by atoms with Crippen LogP contribution in [-0.2, 0) is 10.0 Å².